The Morgan fingerprint density at radius 2 is 2.08 bits per heavy atom. The summed E-state index contributed by atoms with van der Waals surface area (Å²) >= 11 is 0. The number of amides is 1. The molecule has 5 heteroatoms. The number of rotatable bonds is 6. The van der Waals surface area contributed by atoms with E-state index in [0.717, 1.165) is 31.3 Å². The number of aromatic hydroxyl groups is 1. The van der Waals surface area contributed by atoms with E-state index in [1.807, 2.05) is 12.1 Å². The van der Waals surface area contributed by atoms with Crippen molar-refractivity contribution in [1.82, 2.24) is 15.2 Å². The second-order valence-corrected chi connectivity index (χ2v) is 6.89. The van der Waals surface area contributed by atoms with E-state index in [9.17, 15) is 9.90 Å². The largest absolute Gasteiger partial charge is 0.506 e. The van der Waals surface area contributed by atoms with E-state index in [-0.39, 0.29) is 11.7 Å². The fourth-order valence-corrected chi connectivity index (χ4v) is 3.38. The van der Waals surface area contributed by atoms with Gasteiger partial charge in [0.15, 0.2) is 0 Å². The first-order valence-corrected chi connectivity index (χ1v) is 9.26. The van der Waals surface area contributed by atoms with Crippen LogP contribution in [0.2, 0.25) is 0 Å². The number of carbonyl (C=O) groups is 1. The third-order valence-electron chi connectivity index (χ3n) is 5.02. The molecule has 25 heavy (non-hydrogen) atoms. The molecule has 0 spiro atoms. The van der Waals surface area contributed by atoms with Gasteiger partial charge in [0, 0.05) is 11.9 Å². The van der Waals surface area contributed by atoms with E-state index in [2.05, 4.69) is 22.1 Å². The van der Waals surface area contributed by atoms with Gasteiger partial charge in [0.1, 0.15) is 17.0 Å². The summed E-state index contributed by atoms with van der Waals surface area (Å²) < 4.78 is 0. The van der Waals surface area contributed by atoms with Gasteiger partial charge >= 0.3 is 0 Å². The second-order valence-electron chi connectivity index (χ2n) is 6.89. The molecule has 0 aliphatic carbocycles. The number of nitrogens with one attached hydrogen (secondary N) is 1. The summed E-state index contributed by atoms with van der Waals surface area (Å²) in [6.45, 7) is 6.37. The van der Waals surface area contributed by atoms with Crippen molar-refractivity contribution in [1.29, 1.82) is 0 Å². The SMILES string of the molecule is CCCCN1CCC(CNC(=O)c2ccc3cccc(O)c3n2)CC1. The highest BCUT2D eigenvalue weighted by atomic mass is 16.3. The molecule has 1 saturated heterocycles. The minimum absolute atomic E-state index is 0.103. The van der Waals surface area contributed by atoms with Crippen molar-refractivity contribution in [3.8, 4) is 5.75 Å². The van der Waals surface area contributed by atoms with Crippen LogP contribution in [0.5, 0.6) is 5.75 Å². The number of aromatic nitrogens is 1. The first-order valence-electron chi connectivity index (χ1n) is 9.26. The molecule has 0 atom stereocenters. The molecule has 1 aliphatic rings. The van der Waals surface area contributed by atoms with Crippen LogP contribution in [0.25, 0.3) is 10.9 Å². The van der Waals surface area contributed by atoms with E-state index in [0.29, 0.717) is 23.7 Å². The van der Waals surface area contributed by atoms with E-state index in [1.165, 1.54) is 19.4 Å². The van der Waals surface area contributed by atoms with Crippen molar-refractivity contribution in [2.45, 2.75) is 32.6 Å². The van der Waals surface area contributed by atoms with Crippen LogP contribution in [0.1, 0.15) is 43.1 Å². The molecule has 1 aliphatic heterocycles. The van der Waals surface area contributed by atoms with Crippen molar-refractivity contribution in [3.63, 3.8) is 0 Å². The van der Waals surface area contributed by atoms with Gasteiger partial charge in [-0.1, -0.05) is 31.5 Å². The number of fused-ring (bicyclic) bond motifs is 1. The molecule has 1 fully saturated rings. The molecule has 3 rings (SSSR count). The maximum atomic E-state index is 12.4. The molecule has 2 aromatic rings. The van der Waals surface area contributed by atoms with Gasteiger partial charge in [0.25, 0.3) is 5.91 Å². The highest BCUT2D eigenvalue weighted by Gasteiger charge is 2.19. The lowest BCUT2D eigenvalue weighted by molar-refractivity contribution is 0.0931. The zero-order chi connectivity index (χ0) is 17.6. The highest BCUT2D eigenvalue weighted by Crippen LogP contribution is 2.22. The lowest BCUT2D eigenvalue weighted by atomic mass is 9.96. The second kappa shape index (κ2) is 8.30. The lowest BCUT2D eigenvalue weighted by Crippen LogP contribution is -2.39. The Morgan fingerprint density at radius 3 is 2.84 bits per heavy atom. The first kappa shape index (κ1) is 17.7. The maximum absolute atomic E-state index is 12.4. The monoisotopic (exact) mass is 341 g/mol. The average Bonchev–Trinajstić information content (AvgIpc) is 2.65. The summed E-state index contributed by atoms with van der Waals surface area (Å²) in [7, 11) is 0. The van der Waals surface area contributed by atoms with Crippen LogP contribution in [-0.2, 0) is 0 Å². The number of pyridine rings is 1. The van der Waals surface area contributed by atoms with Gasteiger partial charge in [-0.25, -0.2) is 4.98 Å². The maximum Gasteiger partial charge on any atom is 0.269 e. The number of carbonyl (C=O) groups excluding carboxylic acids is 1. The number of hydrogen-bond acceptors (Lipinski definition) is 4. The molecular weight excluding hydrogens is 314 g/mol. The van der Waals surface area contributed by atoms with E-state index < -0.39 is 0 Å². The highest BCUT2D eigenvalue weighted by molar-refractivity contribution is 5.95. The minimum atomic E-state index is -0.168. The molecular formula is C20H27N3O2. The Balaban J connectivity index is 1.52. The van der Waals surface area contributed by atoms with Gasteiger partial charge in [-0.3, -0.25) is 4.79 Å². The van der Waals surface area contributed by atoms with Crippen molar-refractivity contribution in [2.24, 2.45) is 5.92 Å². The number of phenolic OH excluding ortho intramolecular Hbond substituents is 1. The summed E-state index contributed by atoms with van der Waals surface area (Å²) in [5.74, 6) is 0.473. The number of nitrogens with zero attached hydrogens (tertiary/aromatic N) is 2. The third kappa shape index (κ3) is 4.48. The summed E-state index contributed by atoms with van der Waals surface area (Å²) in [5, 5.41) is 13.7. The van der Waals surface area contributed by atoms with Gasteiger partial charge in [-0.05, 0) is 56.9 Å². The average molecular weight is 341 g/mol. The zero-order valence-corrected chi connectivity index (χ0v) is 14.9. The van der Waals surface area contributed by atoms with Crippen molar-refractivity contribution < 1.29 is 9.90 Å². The summed E-state index contributed by atoms with van der Waals surface area (Å²) in [6.07, 6.45) is 4.78. The van der Waals surface area contributed by atoms with Crippen molar-refractivity contribution >= 4 is 16.8 Å². The van der Waals surface area contributed by atoms with Gasteiger partial charge < -0.3 is 15.3 Å². The van der Waals surface area contributed by atoms with Crippen LogP contribution >= 0.6 is 0 Å². The molecule has 0 radical (unpaired) electrons. The van der Waals surface area contributed by atoms with Gasteiger partial charge in [0.2, 0.25) is 0 Å². The standard InChI is InChI=1S/C20H27N3O2/c1-2-3-11-23-12-9-15(10-13-23)14-21-20(25)17-8-7-16-5-4-6-18(24)19(16)22-17/h4-8,15,24H,2-3,9-14H2,1H3,(H,21,25). The van der Waals surface area contributed by atoms with Crippen LogP contribution in [0.3, 0.4) is 0 Å². The predicted octanol–water partition coefficient (Wildman–Crippen LogP) is 3.18. The topological polar surface area (TPSA) is 65.5 Å². The Labute approximate surface area is 149 Å². The Hall–Kier alpha value is -2.14. The number of unbranched alkanes of at least 4 members (excludes halogenated alkanes) is 1. The number of likely N-dealkylation sites (tertiary alicyclic amines) is 1. The van der Waals surface area contributed by atoms with Crippen LogP contribution in [0, 0.1) is 5.92 Å². The first-order chi connectivity index (χ1) is 12.2. The molecule has 134 valence electrons. The van der Waals surface area contributed by atoms with Crippen molar-refractivity contribution in [3.05, 3.63) is 36.0 Å². The van der Waals surface area contributed by atoms with E-state index in [4.69, 9.17) is 0 Å². The van der Waals surface area contributed by atoms with E-state index >= 15 is 0 Å². The number of para-hydroxylation sites is 1. The molecule has 1 aromatic heterocycles. The van der Waals surface area contributed by atoms with Crippen LogP contribution in [0.4, 0.5) is 0 Å². The summed E-state index contributed by atoms with van der Waals surface area (Å²) in [4.78, 5) is 19.2. The molecule has 2 N–H and O–H groups in total. The Morgan fingerprint density at radius 1 is 1.28 bits per heavy atom. The predicted molar refractivity (Wildman–Crippen MR) is 99.8 cm³/mol. The summed E-state index contributed by atoms with van der Waals surface area (Å²) in [6, 6.07) is 8.76. The number of benzene rings is 1. The molecule has 1 amide bonds. The molecule has 0 unspecified atom stereocenters. The molecule has 5 nitrogen and oxygen atoms in total. The Bertz CT molecular complexity index is 724. The molecule has 0 bridgehead atoms. The Kier molecular flexibility index (Phi) is 5.87. The lowest BCUT2D eigenvalue weighted by Gasteiger charge is -2.31. The normalized spacial score (nSPS) is 16.2. The fraction of sp³-hybridized carbons (Fsp3) is 0.500. The van der Waals surface area contributed by atoms with Crippen molar-refractivity contribution in [2.75, 3.05) is 26.2 Å². The number of phenols is 1. The smallest absolute Gasteiger partial charge is 0.269 e. The molecule has 2 heterocycles. The number of piperidine rings is 1. The molecule has 0 saturated carbocycles. The van der Waals surface area contributed by atoms with Gasteiger partial charge in [-0.2, -0.15) is 0 Å². The molecule has 1 aromatic carbocycles. The van der Waals surface area contributed by atoms with Crippen LogP contribution in [-0.4, -0.2) is 47.1 Å². The number of hydrogen-bond donors (Lipinski definition) is 2. The van der Waals surface area contributed by atoms with Crippen LogP contribution in [0.15, 0.2) is 30.3 Å². The van der Waals surface area contributed by atoms with Crippen LogP contribution < -0.4 is 5.32 Å². The zero-order valence-electron chi connectivity index (χ0n) is 14.9. The quantitative estimate of drug-likeness (QED) is 0.847. The van der Waals surface area contributed by atoms with Gasteiger partial charge in [0.05, 0.1) is 0 Å². The third-order valence-corrected chi connectivity index (χ3v) is 5.02. The van der Waals surface area contributed by atoms with E-state index in [1.54, 1.807) is 18.2 Å². The summed E-state index contributed by atoms with van der Waals surface area (Å²) in [5.41, 5.74) is 0.828. The fourth-order valence-electron chi connectivity index (χ4n) is 3.38. The van der Waals surface area contributed by atoms with Gasteiger partial charge in [-0.15, -0.1) is 0 Å². The minimum Gasteiger partial charge on any atom is -0.506 e.